The normalized spacial score (nSPS) is 11.7. The van der Waals surface area contributed by atoms with Gasteiger partial charge in [-0.05, 0) is 6.42 Å². The molecular formula is C53H108O11. The lowest BCUT2D eigenvalue weighted by Gasteiger charge is -2.09. The average molecular weight is 921 g/mol. The van der Waals surface area contributed by atoms with E-state index in [0.717, 1.165) is 13.0 Å². The van der Waals surface area contributed by atoms with E-state index >= 15 is 0 Å². The molecule has 11 nitrogen and oxygen atoms in total. The first kappa shape index (κ1) is 63.6. The molecule has 0 fully saturated rings. The summed E-state index contributed by atoms with van der Waals surface area (Å²) in [5.74, 6) is 0. The predicted molar refractivity (Wildman–Crippen MR) is 264 cm³/mol. The van der Waals surface area contributed by atoms with Crippen LogP contribution in [0.5, 0.6) is 0 Å². The fraction of sp³-hybridized carbons (Fsp3) is 1.00. The molecule has 1 N–H and O–H groups in total. The fourth-order valence-electron chi connectivity index (χ4n) is 7.55. The lowest BCUT2D eigenvalue weighted by atomic mass is 10.0. The van der Waals surface area contributed by atoms with Gasteiger partial charge in [0.05, 0.1) is 132 Å². The summed E-state index contributed by atoms with van der Waals surface area (Å²) in [6, 6.07) is 0. The second-order valence-corrected chi connectivity index (χ2v) is 17.5. The lowest BCUT2D eigenvalue weighted by molar-refractivity contribution is -0.0268. The number of aliphatic hydroxyl groups is 1. The molecule has 0 atom stereocenters. The van der Waals surface area contributed by atoms with Crippen molar-refractivity contribution < 1.29 is 52.5 Å². The molecule has 0 aliphatic rings. The van der Waals surface area contributed by atoms with E-state index in [1.165, 1.54) is 193 Å². The number of aliphatic hydroxyl groups excluding tert-OH is 1. The molecule has 0 spiro atoms. The topological polar surface area (TPSA) is 113 Å². The molecule has 0 radical (unpaired) electrons. The van der Waals surface area contributed by atoms with E-state index in [9.17, 15) is 0 Å². The summed E-state index contributed by atoms with van der Waals surface area (Å²) in [4.78, 5) is 0. The second kappa shape index (κ2) is 62.6. The van der Waals surface area contributed by atoms with Crippen molar-refractivity contribution in [2.24, 2.45) is 0 Å². The molecule has 0 aromatic carbocycles. The van der Waals surface area contributed by atoms with Crippen molar-refractivity contribution in [3.8, 4) is 0 Å². The molecule has 386 valence electrons. The highest BCUT2D eigenvalue weighted by molar-refractivity contribution is 4.53. The molecule has 0 aliphatic carbocycles. The molecule has 0 bridgehead atoms. The Kier molecular flexibility index (Phi) is 62.1. The van der Waals surface area contributed by atoms with Gasteiger partial charge >= 0.3 is 0 Å². The molecular weight excluding hydrogens is 813 g/mol. The first-order valence-corrected chi connectivity index (χ1v) is 27.3. The minimum Gasteiger partial charge on any atom is -0.394 e. The van der Waals surface area contributed by atoms with E-state index in [-0.39, 0.29) is 6.61 Å². The maximum atomic E-state index is 8.61. The maximum absolute atomic E-state index is 8.61. The van der Waals surface area contributed by atoms with Gasteiger partial charge in [-0.15, -0.1) is 0 Å². The van der Waals surface area contributed by atoms with Crippen LogP contribution in [-0.2, 0) is 47.4 Å². The smallest absolute Gasteiger partial charge is 0.0701 e. The summed E-state index contributed by atoms with van der Waals surface area (Å²) in [5.41, 5.74) is 0. The zero-order chi connectivity index (χ0) is 45.8. The molecule has 0 aliphatic heterocycles. The maximum Gasteiger partial charge on any atom is 0.0701 e. The summed E-state index contributed by atoms with van der Waals surface area (Å²) >= 11 is 0. The lowest BCUT2D eigenvalue weighted by Crippen LogP contribution is -2.15. The van der Waals surface area contributed by atoms with Crippen molar-refractivity contribution in [3.05, 3.63) is 0 Å². The number of rotatable bonds is 61. The Morgan fingerprint density at radius 2 is 0.312 bits per heavy atom. The van der Waals surface area contributed by atoms with E-state index in [1.54, 1.807) is 0 Å². The molecule has 0 rings (SSSR count). The van der Waals surface area contributed by atoms with Crippen molar-refractivity contribution in [2.75, 3.05) is 139 Å². The standard InChI is InChI=1S/C53H108O11/c1-2-3-4-5-6-7-8-9-10-11-12-13-14-15-16-17-18-19-20-21-22-23-24-25-26-27-28-29-30-31-32-34-55-36-38-57-40-42-59-44-46-61-48-50-63-52-53-64-51-49-62-47-45-60-43-41-58-39-37-56-35-33-54/h54H,2-53H2,1H3. The van der Waals surface area contributed by atoms with Crippen LogP contribution < -0.4 is 0 Å². The Bertz CT molecular complexity index is 719. The minimum atomic E-state index is 0.0305. The van der Waals surface area contributed by atoms with Gasteiger partial charge in [0.1, 0.15) is 0 Å². The summed E-state index contributed by atoms with van der Waals surface area (Å²) in [7, 11) is 0. The van der Waals surface area contributed by atoms with E-state index in [4.69, 9.17) is 52.5 Å². The van der Waals surface area contributed by atoms with Gasteiger partial charge in [-0.3, -0.25) is 0 Å². The van der Waals surface area contributed by atoms with Crippen LogP contribution in [0.4, 0.5) is 0 Å². The van der Waals surface area contributed by atoms with Crippen LogP contribution in [0, 0.1) is 0 Å². The van der Waals surface area contributed by atoms with E-state index in [1.807, 2.05) is 0 Å². The molecule has 0 heterocycles. The van der Waals surface area contributed by atoms with Crippen LogP contribution >= 0.6 is 0 Å². The average Bonchev–Trinajstić information content (AvgIpc) is 3.31. The zero-order valence-corrected chi connectivity index (χ0v) is 42.3. The second-order valence-electron chi connectivity index (χ2n) is 17.5. The van der Waals surface area contributed by atoms with Crippen molar-refractivity contribution >= 4 is 0 Å². The summed E-state index contributed by atoms with van der Waals surface area (Å²) in [6.07, 6.45) is 44.4. The van der Waals surface area contributed by atoms with Gasteiger partial charge < -0.3 is 52.5 Å². The van der Waals surface area contributed by atoms with Crippen molar-refractivity contribution in [2.45, 2.75) is 206 Å². The summed E-state index contributed by atoms with van der Waals surface area (Å²) < 4.78 is 54.8. The van der Waals surface area contributed by atoms with Crippen LogP contribution in [0.1, 0.15) is 206 Å². The third-order valence-electron chi connectivity index (χ3n) is 11.5. The van der Waals surface area contributed by atoms with Crippen LogP contribution in [0.2, 0.25) is 0 Å². The Morgan fingerprint density at radius 3 is 0.484 bits per heavy atom. The molecule has 0 unspecified atom stereocenters. The Labute approximate surface area is 396 Å². The molecule has 64 heavy (non-hydrogen) atoms. The largest absolute Gasteiger partial charge is 0.394 e. The van der Waals surface area contributed by atoms with Gasteiger partial charge in [0.2, 0.25) is 0 Å². The molecule has 11 heteroatoms. The first-order valence-electron chi connectivity index (χ1n) is 27.3. The first-order chi connectivity index (χ1) is 31.9. The molecule has 0 aromatic rings. The Hall–Kier alpha value is -0.440. The fourth-order valence-corrected chi connectivity index (χ4v) is 7.55. The van der Waals surface area contributed by atoms with Crippen molar-refractivity contribution in [3.63, 3.8) is 0 Å². The van der Waals surface area contributed by atoms with Crippen molar-refractivity contribution in [1.29, 1.82) is 0 Å². The highest BCUT2D eigenvalue weighted by Gasteiger charge is 1.99. The van der Waals surface area contributed by atoms with Gasteiger partial charge in [0.25, 0.3) is 0 Å². The number of hydrogen-bond acceptors (Lipinski definition) is 11. The van der Waals surface area contributed by atoms with Crippen LogP contribution in [0.25, 0.3) is 0 Å². The minimum absolute atomic E-state index is 0.0305. The van der Waals surface area contributed by atoms with E-state index in [0.29, 0.717) is 126 Å². The van der Waals surface area contributed by atoms with Gasteiger partial charge in [-0.2, -0.15) is 0 Å². The van der Waals surface area contributed by atoms with Crippen LogP contribution in [0.3, 0.4) is 0 Å². The third kappa shape index (κ3) is 61.6. The molecule has 0 amide bonds. The van der Waals surface area contributed by atoms with E-state index < -0.39 is 0 Å². The Morgan fingerprint density at radius 1 is 0.172 bits per heavy atom. The molecule has 0 saturated heterocycles. The Balaban J connectivity index is 3.06. The van der Waals surface area contributed by atoms with Gasteiger partial charge in [0, 0.05) is 6.61 Å². The number of ether oxygens (including phenoxy) is 10. The summed E-state index contributed by atoms with van der Waals surface area (Å²) in [6.45, 7) is 13.2. The van der Waals surface area contributed by atoms with Crippen LogP contribution in [-0.4, -0.2) is 144 Å². The monoisotopic (exact) mass is 921 g/mol. The van der Waals surface area contributed by atoms with Gasteiger partial charge in [-0.1, -0.05) is 200 Å². The number of hydrogen-bond donors (Lipinski definition) is 1. The molecule has 0 aromatic heterocycles. The zero-order valence-electron chi connectivity index (χ0n) is 42.3. The summed E-state index contributed by atoms with van der Waals surface area (Å²) in [5, 5.41) is 8.61. The van der Waals surface area contributed by atoms with Crippen LogP contribution in [0.15, 0.2) is 0 Å². The van der Waals surface area contributed by atoms with E-state index in [2.05, 4.69) is 6.92 Å². The van der Waals surface area contributed by atoms with Crippen molar-refractivity contribution in [1.82, 2.24) is 0 Å². The number of unbranched alkanes of at least 4 members (excludes halogenated alkanes) is 30. The molecule has 0 saturated carbocycles. The van der Waals surface area contributed by atoms with Gasteiger partial charge in [0.15, 0.2) is 0 Å². The highest BCUT2D eigenvalue weighted by Crippen LogP contribution is 2.17. The van der Waals surface area contributed by atoms with Gasteiger partial charge in [-0.25, -0.2) is 0 Å². The quantitative estimate of drug-likeness (QED) is 0.0588. The third-order valence-corrected chi connectivity index (χ3v) is 11.5. The SMILES string of the molecule is CCCCCCCCCCCCCCCCCCCCCCCCCCCCCCCCCOCCOCCOCCOCCOCCOCCOCCOCCOCCOCCO. The predicted octanol–water partition coefficient (Wildman–Crippen LogP) is 12.3. The highest BCUT2D eigenvalue weighted by atomic mass is 16.6.